The van der Waals surface area contributed by atoms with E-state index < -0.39 is 0 Å². The van der Waals surface area contributed by atoms with Crippen LogP contribution in [0.25, 0.3) is 0 Å². The van der Waals surface area contributed by atoms with Crippen molar-refractivity contribution in [2.75, 3.05) is 18.4 Å². The lowest BCUT2D eigenvalue weighted by Gasteiger charge is -2.08. The van der Waals surface area contributed by atoms with Gasteiger partial charge in [-0.05, 0) is 30.7 Å². The lowest BCUT2D eigenvalue weighted by Crippen LogP contribution is -2.32. The second-order valence-electron chi connectivity index (χ2n) is 4.56. The Labute approximate surface area is 120 Å². The third-order valence-electron chi connectivity index (χ3n) is 2.71. The van der Waals surface area contributed by atoms with Gasteiger partial charge in [-0.2, -0.15) is 0 Å². The first-order valence-electron chi connectivity index (χ1n) is 7.02. The SMILES string of the molecule is CCCC(=O)NCC(=O)Nc1cccc(CNCC)c1. The van der Waals surface area contributed by atoms with E-state index in [0.717, 1.165) is 30.8 Å². The van der Waals surface area contributed by atoms with E-state index in [9.17, 15) is 9.59 Å². The van der Waals surface area contributed by atoms with Gasteiger partial charge < -0.3 is 16.0 Å². The average Bonchev–Trinajstić information content (AvgIpc) is 2.44. The van der Waals surface area contributed by atoms with E-state index in [-0.39, 0.29) is 18.4 Å². The average molecular weight is 277 g/mol. The molecule has 2 amide bonds. The third kappa shape index (κ3) is 6.33. The summed E-state index contributed by atoms with van der Waals surface area (Å²) >= 11 is 0. The van der Waals surface area contributed by atoms with Gasteiger partial charge >= 0.3 is 0 Å². The molecule has 0 fully saturated rings. The molecule has 110 valence electrons. The maximum atomic E-state index is 11.7. The first-order chi connectivity index (χ1) is 9.65. The fourth-order valence-electron chi connectivity index (χ4n) is 1.73. The van der Waals surface area contributed by atoms with Crippen LogP contribution >= 0.6 is 0 Å². The minimum Gasteiger partial charge on any atom is -0.347 e. The quantitative estimate of drug-likeness (QED) is 0.676. The molecule has 3 N–H and O–H groups in total. The van der Waals surface area contributed by atoms with Crippen LogP contribution in [0.5, 0.6) is 0 Å². The van der Waals surface area contributed by atoms with Gasteiger partial charge in [-0.1, -0.05) is 26.0 Å². The van der Waals surface area contributed by atoms with E-state index in [1.54, 1.807) is 0 Å². The summed E-state index contributed by atoms with van der Waals surface area (Å²) in [5.41, 5.74) is 1.86. The van der Waals surface area contributed by atoms with Crippen molar-refractivity contribution in [3.05, 3.63) is 29.8 Å². The molecule has 0 aliphatic carbocycles. The molecule has 1 aromatic carbocycles. The van der Waals surface area contributed by atoms with Crippen LogP contribution in [0.4, 0.5) is 5.69 Å². The number of nitrogens with one attached hydrogen (secondary N) is 3. The van der Waals surface area contributed by atoms with Crippen molar-refractivity contribution in [2.24, 2.45) is 0 Å². The number of carbonyl (C=O) groups is 2. The zero-order valence-electron chi connectivity index (χ0n) is 12.2. The van der Waals surface area contributed by atoms with Gasteiger partial charge in [-0.15, -0.1) is 0 Å². The number of anilines is 1. The largest absolute Gasteiger partial charge is 0.347 e. The van der Waals surface area contributed by atoms with Crippen LogP contribution in [0.1, 0.15) is 32.3 Å². The number of carbonyl (C=O) groups excluding carboxylic acids is 2. The Morgan fingerprint density at radius 2 is 1.95 bits per heavy atom. The number of hydrogen-bond acceptors (Lipinski definition) is 3. The summed E-state index contributed by atoms with van der Waals surface area (Å²) in [6.07, 6.45) is 1.23. The van der Waals surface area contributed by atoms with Crippen molar-refractivity contribution in [3.63, 3.8) is 0 Å². The zero-order chi connectivity index (χ0) is 14.8. The van der Waals surface area contributed by atoms with E-state index in [1.807, 2.05) is 38.1 Å². The van der Waals surface area contributed by atoms with Crippen molar-refractivity contribution >= 4 is 17.5 Å². The molecule has 0 saturated heterocycles. The highest BCUT2D eigenvalue weighted by molar-refractivity contribution is 5.94. The lowest BCUT2D eigenvalue weighted by molar-refractivity contribution is -0.124. The molecule has 5 heteroatoms. The van der Waals surface area contributed by atoms with Crippen LogP contribution in [0.2, 0.25) is 0 Å². The van der Waals surface area contributed by atoms with E-state index >= 15 is 0 Å². The monoisotopic (exact) mass is 277 g/mol. The Kier molecular flexibility index (Phi) is 7.35. The standard InChI is InChI=1S/C15H23N3O2/c1-3-6-14(19)17-11-15(20)18-13-8-5-7-12(9-13)10-16-4-2/h5,7-9,16H,3-4,6,10-11H2,1-2H3,(H,17,19)(H,18,20). The van der Waals surface area contributed by atoms with Crippen molar-refractivity contribution in [1.29, 1.82) is 0 Å². The highest BCUT2D eigenvalue weighted by atomic mass is 16.2. The minimum absolute atomic E-state index is 0.0102. The van der Waals surface area contributed by atoms with Gasteiger partial charge in [0.1, 0.15) is 0 Å². The van der Waals surface area contributed by atoms with Gasteiger partial charge in [0.25, 0.3) is 0 Å². The number of benzene rings is 1. The minimum atomic E-state index is -0.213. The number of amides is 2. The van der Waals surface area contributed by atoms with Gasteiger partial charge in [-0.25, -0.2) is 0 Å². The first-order valence-corrected chi connectivity index (χ1v) is 7.02. The molecule has 0 aliphatic heterocycles. The maximum absolute atomic E-state index is 11.7. The smallest absolute Gasteiger partial charge is 0.243 e. The third-order valence-corrected chi connectivity index (χ3v) is 2.71. The lowest BCUT2D eigenvalue weighted by atomic mass is 10.2. The molecule has 1 rings (SSSR count). The molecule has 0 saturated carbocycles. The van der Waals surface area contributed by atoms with Gasteiger partial charge in [0, 0.05) is 18.7 Å². The molecular formula is C15H23N3O2. The predicted molar refractivity (Wildman–Crippen MR) is 80.4 cm³/mol. The number of rotatable bonds is 8. The Hall–Kier alpha value is -1.88. The van der Waals surface area contributed by atoms with Gasteiger partial charge in [-0.3, -0.25) is 9.59 Å². The highest BCUT2D eigenvalue weighted by Crippen LogP contribution is 2.10. The van der Waals surface area contributed by atoms with Gasteiger partial charge in [0.2, 0.25) is 11.8 Å². The van der Waals surface area contributed by atoms with Crippen LogP contribution in [-0.4, -0.2) is 24.9 Å². The Balaban J connectivity index is 2.43. The summed E-state index contributed by atoms with van der Waals surface area (Å²) in [4.78, 5) is 23.0. The fraction of sp³-hybridized carbons (Fsp3) is 0.467. The van der Waals surface area contributed by atoms with Crippen molar-refractivity contribution in [1.82, 2.24) is 10.6 Å². The molecule has 20 heavy (non-hydrogen) atoms. The Morgan fingerprint density at radius 3 is 2.65 bits per heavy atom. The summed E-state index contributed by atoms with van der Waals surface area (Å²) in [5.74, 6) is -0.307. The van der Waals surface area contributed by atoms with E-state index in [2.05, 4.69) is 16.0 Å². The molecule has 0 heterocycles. The molecule has 0 aromatic heterocycles. The van der Waals surface area contributed by atoms with Crippen LogP contribution in [0.15, 0.2) is 24.3 Å². The van der Waals surface area contributed by atoms with Crippen LogP contribution in [0.3, 0.4) is 0 Å². The Bertz CT molecular complexity index is 446. The molecule has 0 bridgehead atoms. The van der Waals surface area contributed by atoms with Crippen LogP contribution < -0.4 is 16.0 Å². The van der Waals surface area contributed by atoms with Crippen molar-refractivity contribution in [3.8, 4) is 0 Å². The summed E-state index contributed by atoms with van der Waals surface area (Å²) in [6.45, 7) is 5.66. The van der Waals surface area contributed by atoms with Crippen LogP contribution in [-0.2, 0) is 16.1 Å². The van der Waals surface area contributed by atoms with Gasteiger partial charge in [0.05, 0.1) is 6.54 Å². The van der Waals surface area contributed by atoms with E-state index in [0.29, 0.717) is 6.42 Å². The number of hydrogen-bond donors (Lipinski definition) is 3. The molecule has 0 radical (unpaired) electrons. The first kappa shape index (κ1) is 16.2. The second-order valence-corrected chi connectivity index (χ2v) is 4.56. The van der Waals surface area contributed by atoms with Crippen molar-refractivity contribution < 1.29 is 9.59 Å². The molecule has 0 atom stereocenters. The highest BCUT2D eigenvalue weighted by Gasteiger charge is 2.05. The maximum Gasteiger partial charge on any atom is 0.243 e. The van der Waals surface area contributed by atoms with Crippen molar-refractivity contribution in [2.45, 2.75) is 33.2 Å². The topological polar surface area (TPSA) is 70.2 Å². The van der Waals surface area contributed by atoms with E-state index in [4.69, 9.17) is 0 Å². The molecule has 0 aliphatic rings. The summed E-state index contributed by atoms with van der Waals surface area (Å²) in [5, 5.41) is 8.59. The Morgan fingerprint density at radius 1 is 1.15 bits per heavy atom. The van der Waals surface area contributed by atoms with Crippen LogP contribution in [0, 0.1) is 0 Å². The molecule has 0 spiro atoms. The molecular weight excluding hydrogens is 254 g/mol. The molecule has 5 nitrogen and oxygen atoms in total. The second kappa shape index (κ2) is 9.09. The van der Waals surface area contributed by atoms with E-state index in [1.165, 1.54) is 0 Å². The predicted octanol–water partition coefficient (Wildman–Crippen LogP) is 1.65. The zero-order valence-corrected chi connectivity index (χ0v) is 12.2. The summed E-state index contributed by atoms with van der Waals surface area (Å²) in [7, 11) is 0. The summed E-state index contributed by atoms with van der Waals surface area (Å²) < 4.78 is 0. The fourth-order valence-corrected chi connectivity index (χ4v) is 1.73. The molecule has 0 unspecified atom stereocenters. The summed E-state index contributed by atoms with van der Waals surface area (Å²) in [6, 6.07) is 7.66. The molecule has 1 aromatic rings. The normalized spacial score (nSPS) is 10.1. The van der Waals surface area contributed by atoms with Gasteiger partial charge in [0.15, 0.2) is 0 Å².